The van der Waals surface area contributed by atoms with Gasteiger partial charge in [0.15, 0.2) is 0 Å². The highest BCUT2D eigenvalue weighted by atomic mass is 31.2. The van der Waals surface area contributed by atoms with Crippen LogP contribution in [-0.2, 0) is 20.6 Å². The minimum atomic E-state index is -3.29. The Morgan fingerprint density at radius 1 is 1.04 bits per heavy atom. The lowest BCUT2D eigenvalue weighted by Gasteiger charge is -2.14. The molecule has 0 aliphatic rings. The van der Waals surface area contributed by atoms with Gasteiger partial charge in [-0.3, -0.25) is 14.2 Å². The zero-order valence-electron chi connectivity index (χ0n) is 12.9. The fourth-order valence-corrected chi connectivity index (χ4v) is 3.84. The molecular formula is C16H23O6P. The maximum atomic E-state index is 12.1. The molecule has 1 aromatic carbocycles. The van der Waals surface area contributed by atoms with Gasteiger partial charge in [0.05, 0.1) is 5.92 Å². The first kappa shape index (κ1) is 19.4. The molecule has 0 bridgehead atoms. The maximum Gasteiger partial charge on any atom is 0.306 e. The molecule has 0 saturated heterocycles. The highest BCUT2D eigenvalue weighted by Crippen LogP contribution is 2.42. The van der Waals surface area contributed by atoms with Gasteiger partial charge in [0.2, 0.25) is 7.37 Å². The highest BCUT2D eigenvalue weighted by Gasteiger charge is 2.22. The summed E-state index contributed by atoms with van der Waals surface area (Å²) in [5, 5.41) is 17.6. The van der Waals surface area contributed by atoms with E-state index in [0.717, 1.165) is 5.56 Å². The first-order valence-corrected chi connectivity index (χ1v) is 9.62. The molecule has 0 amide bonds. The molecule has 0 aliphatic heterocycles. The summed E-state index contributed by atoms with van der Waals surface area (Å²) in [6.45, 7) is 0. The molecule has 6 nitrogen and oxygen atoms in total. The van der Waals surface area contributed by atoms with Gasteiger partial charge in [0.25, 0.3) is 0 Å². The third-order valence-electron chi connectivity index (χ3n) is 3.71. The van der Waals surface area contributed by atoms with Crippen molar-refractivity contribution in [2.75, 3.05) is 12.3 Å². The third-order valence-corrected chi connectivity index (χ3v) is 5.65. The molecule has 128 valence electrons. The fourth-order valence-electron chi connectivity index (χ4n) is 2.33. The average molecular weight is 342 g/mol. The largest absolute Gasteiger partial charge is 0.481 e. The van der Waals surface area contributed by atoms with Crippen LogP contribution in [0.15, 0.2) is 30.3 Å². The number of aryl methyl sites for hydroxylation is 1. The smallest absolute Gasteiger partial charge is 0.306 e. The number of benzene rings is 1. The zero-order valence-corrected chi connectivity index (χ0v) is 13.8. The van der Waals surface area contributed by atoms with Crippen molar-refractivity contribution in [1.29, 1.82) is 0 Å². The van der Waals surface area contributed by atoms with Crippen molar-refractivity contribution in [3.63, 3.8) is 0 Å². The fraction of sp³-hybridized carbons (Fsp3) is 0.500. The van der Waals surface area contributed by atoms with E-state index in [1.165, 1.54) is 0 Å². The lowest BCUT2D eigenvalue weighted by Crippen LogP contribution is -2.16. The first-order chi connectivity index (χ1) is 10.8. The second-order valence-electron chi connectivity index (χ2n) is 5.64. The Morgan fingerprint density at radius 3 is 2.26 bits per heavy atom. The number of carbonyl (C=O) groups is 2. The van der Waals surface area contributed by atoms with Crippen LogP contribution in [0.25, 0.3) is 0 Å². The van der Waals surface area contributed by atoms with Crippen LogP contribution in [0, 0.1) is 5.92 Å². The topological polar surface area (TPSA) is 112 Å². The minimum Gasteiger partial charge on any atom is -0.481 e. The van der Waals surface area contributed by atoms with Crippen LogP contribution in [0.4, 0.5) is 0 Å². The third kappa shape index (κ3) is 8.53. The van der Waals surface area contributed by atoms with Crippen molar-refractivity contribution in [2.24, 2.45) is 5.92 Å². The van der Waals surface area contributed by atoms with Gasteiger partial charge in [0.1, 0.15) is 0 Å². The van der Waals surface area contributed by atoms with Crippen LogP contribution in [0.5, 0.6) is 0 Å². The van der Waals surface area contributed by atoms with Gasteiger partial charge in [-0.15, -0.1) is 0 Å². The molecule has 0 aliphatic carbocycles. The van der Waals surface area contributed by atoms with E-state index >= 15 is 0 Å². The van der Waals surface area contributed by atoms with Crippen LogP contribution >= 0.6 is 7.37 Å². The summed E-state index contributed by atoms with van der Waals surface area (Å²) in [7, 11) is -3.29. The number of carboxylic acid groups (broad SMARTS) is 2. The molecule has 0 fully saturated rings. The molecule has 0 saturated carbocycles. The number of carboxylic acids is 2. The van der Waals surface area contributed by atoms with Crippen LogP contribution in [0.2, 0.25) is 0 Å². The lowest BCUT2D eigenvalue weighted by molar-refractivity contribution is -0.143. The van der Waals surface area contributed by atoms with Crippen LogP contribution in [0.3, 0.4) is 0 Å². The van der Waals surface area contributed by atoms with Gasteiger partial charge in [0, 0.05) is 18.7 Å². The molecule has 0 radical (unpaired) electrons. The summed E-state index contributed by atoms with van der Waals surface area (Å²) < 4.78 is 12.1. The standard InChI is InChI=1S/C16H23O6P/c17-15(18)9-8-14(16(19)20)7-4-11-23(21,22)12-10-13-5-2-1-3-6-13/h1-3,5-6,14H,4,7-12H2,(H,17,18)(H,19,20)(H,21,22). The summed E-state index contributed by atoms with van der Waals surface area (Å²) in [6, 6.07) is 9.42. The molecule has 1 aromatic rings. The Morgan fingerprint density at radius 2 is 1.70 bits per heavy atom. The van der Waals surface area contributed by atoms with Crippen molar-refractivity contribution in [1.82, 2.24) is 0 Å². The predicted molar refractivity (Wildman–Crippen MR) is 86.9 cm³/mol. The normalized spacial score (nSPS) is 14.8. The van der Waals surface area contributed by atoms with Gasteiger partial charge in [-0.25, -0.2) is 0 Å². The number of hydrogen-bond acceptors (Lipinski definition) is 3. The molecule has 0 spiro atoms. The predicted octanol–water partition coefficient (Wildman–Crippen LogP) is 2.85. The van der Waals surface area contributed by atoms with Crippen LogP contribution in [-0.4, -0.2) is 39.4 Å². The number of rotatable bonds is 11. The summed E-state index contributed by atoms with van der Waals surface area (Å²) in [6.07, 6.45) is 1.11. The molecule has 2 atom stereocenters. The molecule has 7 heteroatoms. The van der Waals surface area contributed by atoms with E-state index in [-0.39, 0.29) is 31.6 Å². The van der Waals surface area contributed by atoms with E-state index in [0.29, 0.717) is 12.8 Å². The van der Waals surface area contributed by atoms with E-state index < -0.39 is 25.2 Å². The molecule has 23 heavy (non-hydrogen) atoms. The number of hydrogen-bond donors (Lipinski definition) is 3. The van der Waals surface area contributed by atoms with E-state index in [1.807, 2.05) is 30.3 Å². The maximum absolute atomic E-state index is 12.1. The average Bonchev–Trinajstić information content (AvgIpc) is 2.49. The number of aliphatic carboxylic acids is 2. The van der Waals surface area contributed by atoms with Gasteiger partial charge < -0.3 is 15.1 Å². The lowest BCUT2D eigenvalue weighted by atomic mass is 9.98. The monoisotopic (exact) mass is 342 g/mol. The molecule has 2 unspecified atom stereocenters. The minimum absolute atomic E-state index is 0.0460. The molecule has 0 aromatic heterocycles. The second-order valence-corrected chi connectivity index (χ2v) is 8.23. The Labute approximate surface area is 135 Å². The molecule has 0 heterocycles. The van der Waals surface area contributed by atoms with Crippen molar-refractivity contribution in [3.8, 4) is 0 Å². The highest BCUT2D eigenvalue weighted by molar-refractivity contribution is 7.57. The zero-order chi connectivity index (χ0) is 17.3. The van der Waals surface area contributed by atoms with Crippen molar-refractivity contribution in [3.05, 3.63) is 35.9 Å². The summed E-state index contributed by atoms with van der Waals surface area (Å²) >= 11 is 0. The van der Waals surface area contributed by atoms with E-state index in [9.17, 15) is 19.0 Å². The summed E-state index contributed by atoms with van der Waals surface area (Å²) in [5.41, 5.74) is 0.992. The van der Waals surface area contributed by atoms with E-state index in [4.69, 9.17) is 10.2 Å². The Kier molecular flexibility index (Phi) is 8.00. The van der Waals surface area contributed by atoms with Gasteiger partial charge in [-0.1, -0.05) is 30.3 Å². The van der Waals surface area contributed by atoms with Gasteiger partial charge in [-0.2, -0.15) is 0 Å². The summed E-state index contributed by atoms with van der Waals surface area (Å²) in [4.78, 5) is 31.5. The van der Waals surface area contributed by atoms with Crippen molar-refractivity contribution in [2.45, 2.75) is 32.1 Å². The van der Waals surface area contributed by atoms with Gasteiger partial charge >= 0.3 is 11.9 Å². The Hall–Kier alpha value is -1.65. The Bertz CT molecular complexity index is 557. The molecule has 1 rings (SSSR count). The first-order valence-electron chi connectivity index (χ1n) is 7.59. The SMILES string of the molecule is O=C(O)CCC(CCCP(=O)(O)CCc1ccccc1)C(=O)O. The van der Waals surface area contributed by atoms with E-state index in [2.05, 4.69) is 0 Å². The van der Waals surface area contributed by atoms with Crippen LogP contribution in [0.1, 0.15) is 31.2 Å². The quantitative estimate of drug-likeness (QED) is 0.533. The molecule has 3 N–H and O–H groups in total. The summed E-state index contributed by atoms with van der Waals surface area (Å²) in [5.74, 6) is -2.87. The van der Waals surface area contributed by atoms with E-state index in [1.54, 1.807) is 0 Å². The van der Waals surface area contributed by atoms with Crippen molar-refractivity contribution >= 4 is 19.3 Å². The van der Waals surface area contributed by atoms with Crippen LogP contribution < -0.4 is 0 Å². The van der Waals surface area contributed by atoms with Gasteiger partial charge in [-0.05, 0) is 31.2 Å². The van der Waals surface area contributed by atoms with Crippen molar-refractivity contribution < 1.29 is 29.3 Å². The molecular weight excluding hydrogens is 319 g/mol. The second kappa shape index (κ2) is 9.48. The Balaban J connectivity index is 2.37.